The van der Waals surface area contributed by atoms with Gasteiger partial charge < -0.3 is 9.84 Å². The van der Waals surface area contributed by atoms with Crippen LogP contribution in [-0.4, -0.2) is 10.1 Å². The molecule has 1 aromatic heterocycles. The highest BCUT2D eigenvalue weighted by molar-refractivity contribution is 5.56. The molecule has 2 aromatic rings. The first-order valence-electron chi connectivity index (χ1n) is 6.03. The van der Waals surface area contributed by atoms with Gasteiger partial charge in [-0.25, -0.2) is 0 Å². The lowest BCUT2D eigenvalue weighted by Crippen LogP contribution is -2.06. The average molecular weight is 229 g/mol. The second kappa shape index (κ2) is 4.20. The number of aromatic nitrogens is 2. The molecule has 2 heterocycles. The van der Waals surface area contributed by atoms with E-state index in [1.807, 2.05) is 6.07 Å². The first kappa shape index (κ1) is 10.3. The number of nitrogens with one attached hydrogen (secondary N) is 1. The number of hydrogen-bond donors (Lipinski definition) is 1. The monoisotopic (exact) mass is 229 g/mol. The number of fused-ring (bicyclic) bond motifs is 1. The van der Waals surface area contributed by atoms with Crippen molar-refractivity contribution in [3.8, 4) is 0 Å². The van der Waals surface area contributed by atoms with Crippen LogP contribution in [0.3, 0.4) is 0 Å². The van der Waals surface area contributed by atoms with Gasteiger partial charge in [0.15, 0.2) is 5.82 Å². The van der Waals surface area contributed by atoms with E-state index in [1.54, 1.807) is 0 Å². The van der Waals surface area contributed by atoms with Crippen molar-refractivity contribution in [3.63, 3.8) is 0 Å². The van der Waals surface area contributed by atoms with Crippen molar-refractivity contribution in [1.29, 1.82) is 0 Å². The number of benzene rings is 1. The lowest BCUT2D eigenvalue weighted by atomic mass is 10.1. The maximum absolute atomic E-state index is 5.31. The number of rotatable bonds is 3. The number of hydrogen-bond acceptors (Lipinski definition) is 4. The molecular formula is C13H15N3O. The molecule has 0 fully saturated rings. The summed E-state index contributed by atoms with van der Waals surface area (Å²) < 4.78 is 5.31. The zero-order valence-electron chi connectivity index (χ0n) is 9.81. The van der Waals surface area contributed by atoms with Crippen LogP contribution in [0.5, 0.6) is 0 Å². The van der Waals surface area contributed by atoms with E-state index in [0.717, 1.165) is 25.1 Å². The summed E-state index contributed by atoms with van der Waals surface area (Å²) in [5, 5.41) is 7.40. The van der Waals surface area contributed by atoms with Crippen molar-refractivity contribution in [2.75, 3.05) is 5.32 Å². The largest absolute Gasteiger partial charge is 0.373 e. The summed E-state index contributed by atoms with van der Waals surface area (Å²) in [5.41, 5.74) is 2.49. The molecule has 1 aliphatic rings. The number of para-hydroxylation sites is 1. The molecule has 0 saturated heterocycles. The van der Waals surface area contributed by atoms with E-state index >= 15 is 0 Å². The van der Waals surface area contributed by atoms with Crippen LogP contribution in [0.2, 0.25) is 0 Å². The van der Waals surface area contributed by atoms with Crippen molar-refractivity contribution < 1.29 is 4.52 Å². The minimum absolute atomic E-state index is 0.130. The summed E-state index contributed by atoms with van der Waals surface area (Å²) in [7, 11) is 0. The molecule has 1 aromatic carbocycles. The highest BCUT2D eigenvalue weighted by Crippen LogP contribution is 2.32. The fraction of sp³-hybridized carbons (Fsp3) is 0.385. The van der Waals surface area contributed by atoms with E-state index in [9.17, 15) is 0 Å². The maximum Gasteiger partial charge on any atom is 0.249 e. The van der Waals surface area contributed by atoms with Gasteiger partial charge in [0.25, 0.3) is 0 Å². The van der Waals surface area contributed by atoms with Gasteiger partial charge in [-0.05, 0) is 18.1 Å². The lowest BCUT2D eigenvalue weighted by molar-refractivity contribution is 0.359. The van der Waals surface area contributed by atoms with Crippen molar-refractivity contribution >= 4 is 5.69 Å². The van der Waals surface area contributed by atoms with Gasteiger partial charge in [0.05, 0.1) is 0 Å². The standard InChI is InChI=1S/C13H15N3O/c1-2-5-12-15-13(17-16-12)11-8-9-6-3-4-7-10(9)14-11/h3-4,6-7,11,14H,2,5,8H2,1H3. The fourth-order valence-electron chi connectivity index (χ4n) is 2.18. The third-order valence-corrected chi connectivity index (χ3v) is 3.03. The van der Waals surface area contributed by atoms with Crippen LogP contribution in [0, 0.1) is 0 Å². The third-order valence-electron chi connectivity index (χ3n) is 3.03. The molecule has 4 nitrogen and oxygen atoms in total. The van der Waals surface area contributed by atoms with Crippen LogP contribution in [0.15, 0.2) is 28.8 Å². The van der Waals surface area contributed by atoms with Gasteiger partial charge in [-0.2, -0.15) is 4.98 Å². The zero-order chi connectivity index (χ0) is 11.7. The molecule has 0 spiro atoms. The van der Waals surface area contributed by atoms with E-state index < -0.39 is 0 Å². The van der Waals surface area contributed by atoms with Crippen LogP contribution < -0.4 is 5.32 Å². The SMILES string of the molecule is CCCc1noc(C2Cc3ccccc3N2)n1. The molecule has 88 valence electrons. The summed E-state index contributed by atoms with van der Waals surface area (Å²) in [5.74, 6) is 1.50. The van der Waals surface area contributed by atoms with Crippen molar-refractivity contribution in [1.82, 2.24) is 10.1 Å². The minimum atomic E-state index is 0.130. The molecule has 17 heavy (non-hydrogen) atoms. The van der Waals surface area contributed by atoms with Crippen LogP contribution in [0.1, 0.15) is 36.7 Å². The Labute approximate surface area is 100 Å². The van der Waals surface area contributed by atoms with Gasteiger partial charge >= 0.3 is 0 Å². The molecule has 0 bridgehead atoms. The number of nitrogens with zero attached hydrogens (tertiary/aromatic N) is 2. The fourth-order valence-corrected chi connectivity index (χ4v) is 2.18. The van der Waals surface area contributed by atoms with Crippen LogP contribution >= 0.6 is 0 Å². The van der Waals surface area contributed by atoms with Crippen LogP contribution in [0.25, 0.3) is 0 Å². The Kier molecular flexibility index (Phi) is 2.55. The Balaban J connectivity index is 1.79. The Bertz CT molecular complexity index is 496. The van der Waals surface area contributed by atoms with Crippen molar-refractivity contribution in [2.45, 2.75) is 32.2 Å². The van der Waals surface area contributed by atoms with E-state index in [2.05, 4.69) is 40.6 Å². The van der Waals surface area contributed by atoms with Gasteiger partial charge in [-0.3, -0.25) is 0 Å². The molecule has 0 aliphatic carbocycles. The van der Waals surface area contributed by atoms with Gasteiger partial charge in [0.2, 0.25) is 5.89 Å². The van der Waals surface area contributed by atoms with Crippen LogP contribution in [0.4, 0.5) is 5.69 Å². The van der Waals surface area contributed by atoms with Gasteiger partial charge in [0.1, 0.15) is 6.04 Å². The highest BCUT2D eigenvalue weighted by atomic mass is 16.5. The van der Waals surface area contributed by atoms with E-state index in [1.165, 1.54) is 11.3 Å². The summed E-state index contributed by atoms with van der Waals surface area (Å²) in [6, 6.07) is 8.43. The van der Waals surface area contributed by atoms with Crippen molar-refractivity contribution in [2.24, 2.45) is 0 Å². The second-order valence-electron chi connectivity index (χ2n) is 4.36. The molecule has 3 rings (SSSR count). The van der Waals surface area contributed by atoms with Gasteiger partial charge in [-0.1, -0.05) is 30.3 Å². The molecule has 0 saturated carbocycles. The molecule has 4 heteroatoms. The summed E-state index contributed by atoms with van der Waals surface area (Å²) in [4.78, 5) is 4.42. The highest BCUT2D eigenvalue weighted by Gasteiger charge is 2.26. The summed E-state index contributed by atoms with van der Waals surface area (Å²) >= 11 is 0. The summed E-state index contributed by atoms with van der Waals surface area (Å²) in [6.07, 6.45) is 2.84. The number of aryl methyl sites for hydroxylation is 1. The quantitative estimate of drug-likeness (QED) is 0.879. The molecule has 0 amide bonds. The zero-order valence-corrected chi connectivity index (χ0v) is 9.81. The Morgan fingerprint density at radius 3 is 3.12 bits per heavy atom. The molecule has 1 N–H and O–H groups in total. The van der Waals surface area contributed by atoms with Gasteiger partial charge in [-0.15, -0.1) is 0 Å². The molecule has 0 radical (unpaired) electrons. The molecule has 1 unspecified atom stereocenters. The Morgan fingerprint density at radius 2 is 2.29 bits per heavy atom. The molecule has 1 aliphatic heterocycles. The predicted molar refractivity (Wildman–Crippen MR) is 64.8 cm³/mol. The average Bonchev–Trinajstić information content (AvgIpc) is 2.94. The minimum Gasteiger partial charge on any atom is -0.373 e. The van der Waals surface area contributed by atoms with Crippen LogP contribution in [-0.2, 0) is 12.8 Å². The Morgan fingerprint density at radius 1 is 1.41 bits per heavy atom. The number of anilines is 1. The molecular weight excluding hydrogens is 214 g/mol. The van der Waals surface area contributed by atoms with E-state index in [0.29, 0.717) is 5.89 Å². The van der Waals surface area contributed by atoms with Crippen molar-refractivity contribution in [3.05, 3.63) is 41.5 Å². The topological polar surface area (TPSA) is 51.0 Å². The molecule has 1 atom stereocenters. The summed E-state index contributed by atoms with van der Waals surface area (Å²) in [6.45, 7) is 2.11. The first-order valence-corrected chi connectivity index (χ1v) is 6.03. The first-order chi connectivity index (χ1) is 8.36. The van der Waals surface area contributed by atoms with E-state index in [4.69, 9.17) is 4.52 Å². The normalized spacial score (nSPS) is 17.8. The van der Waals surface area contributed by atoms with E-state index in [-0.39, 0.29) is 6.04 Å². The predicted octanol–water partition coefficient (Wildman–Crippen LogP) is 2.73. The van der Waals surface area contributed by atoms with Gasteiger partial charge in [0, 0.05) is 18.5 Å². The second-order valence-corrected chi connectivity index (χ2v) is 4.36. The smallest absolute Gasteiger partial charge is 0.249 e. The third kappa shape index (κ3) is 1.90. The maximum atomic E-state index is 5.31. The Hall–Kier alpha value is -1.84. The lowest BCUT2D eigenvalue weighted by Gasteiger charge is -2.04.